The van der Waals surface area contributed by atoms with Crippen molar-refractivity contribution in [2.24, 2.45) is 5.92 Å². The molecule has 1 aliphatic heterocycles. The van der Waals surface area contributed by atoms with Crippen LogP contribution < -0.4 is 10.6 Å². The second-order valence-electron chi connectivity index (χ2n) is 5.04. The van der Waals surface area contributed by atoms with Gasteiger partial charge in [0.1, 0.15) is 0 Å². The molecule has 1 amide bonds. The summed E-state index contributed by atoms with van der Waals surface area (Å²) in [6.45, 7) is 2.25. The van der Waals surface area contributed by atoms with Gasteiger partial charge in [-0.15, -0.1) is 12.4 Å². The highest BCUT2D eigenvalue weighted by Gasteiger charge is 2.21. The van der Waals surface area contributed by atoms with E-state index in [1.807, 2.05) is 41.2 Å². The lowest BCUT2D eigenvalue weighted by Crippen LogP contribution is -2.31. The fraction of sp³-hybridized carbons (Fsp3) is 0.333. The van der Waals surface area contributed by atoms with Crippen molar-refractivity contribution in [1.29, 1.82) is 0 Å². The summed E-state index contributed by atoms with van der Waals surface area (Å²) in [5.74, 6) is 0.238. The monoisotopic (exact) mass is 306 g/mol. The lowest BCUT2D eigenvalue weighted by molar-refractivity contribution is -0.124. The predicted molar refractivity (Wildman–Crippen MR) is 83.6 cm³/mol. The molecule has 5 nitrogen and oxygen atoms in total. The lowest BCUT2D eigenvalue weighted by atomic mass is 10.1. The van der Waals surface area contributed by atoms with Gasteiger partial charge in [0, 0.05) is 24.8 Å². The van der Waals surface area contributed by atoms with E-state index in [1.54, 1.807) is 6.20 Å². The van der Waals surface area contributed by atoms with E-state index in [2.05, 4.69) is 15.7 Å². The molecule has 2 heterocycles. The smallest absolute Gasteiger partial charge is 0.224 e. The molecule has 1 aliphatic rings. The maximum Gasteiger partial charge on any atom is 0.224 e. The number of carbonyl (C=O) groups excluding carboxylic acids is 1. The Balaban J connectivity index is 0.00000161. The molecule has 21 heavy (non-hydrogen) atoms. The van der Waals surface area contributed by atoms with Crippen LogP contribution in [-0.2, 0) is 11.3 Å². The molecule has 3 rings (SSSR count). The van der Waals surface area contributed by atoms with Crippen LogP contribution in [-0.4, -0.2) is 28.8 Å². The number of carbonyl (C=O) groups is 1. The minimum atomic E-state index is 0. The molecule has 0 aliphatic carbocycles. The molecule has 6 heteroatoms. The Bertz CT molecular complexity index is 578. The zero-order valence-electron chi connectivity index (χ0n) is 11.7. The van der Waals surface area contributed by atoms with Gasteiger partial charge in [-0.25, -0.2) is 4.68 Å². The number of rotatable bonds is 4. The highest BCUT2D eigenvalue weighted by atomic mass is 35.5. The molecule has 0 spiro atoms. The van der Waals surface area contributed by atoms with Crippen LogP contribution in [0.15, 0.2) is 42.7 Å². The van der Waals surface area contributed by atoms with E-state index < -0.39 is 0 Å². The summed E-state index contributed by atoms with van der Waals surface area (Å²) in [5.41, 5.74) is 2.03. The summed E-state index contributed by atoms with van der Waals surface area (Å²) in [6, 6.07) is 9.93. The summed E-state index contributed by atoms with van der Waals surface area (Å²) in [5, 5.41) is 10.5. The average Bonchev–Trinajstić information content (AvgIpc) is 3.17. The highest BCUT2D eigenvalue weighted by Crippen LogP contribution is 2.09. The second kappa shape index (κ2) is 7.24. The normalized spacial score (nSPS) is 17.2. The Morgan fingerprint density at radius 1 is 1.38 bits per heavy atom. The molecule has 0 bridgehead atoms. The van der Waals surface area contributed by atoms with Crippen molar-refractivity contribution in [3.8, 4) is 5.69 Å². The Hall–Kier alpha value is -1.85. The van der Waals surface area contributed by atoms with Crippen molar-refractivity contribution in [3.05, 3.63) is 48.3 Å². The highest BCUT2D eigenvalue weighted by molar-refractivity contribution is 5.85. The number of nitrogens with one attached hydrogen (secondary N) is 2. The number of hydrogen-bond acceptors (Lipinski definition) is 3. The number of hydrogen-bond donors (Lipinski definition) is 2. The van der Waals surface area contributed by atoms with E-state index in [4.69, 9.17) is 0 Å². The Kier molecular flexibility index (Phi) is 5.36. The summed E-state index contributed by atoms with van der Waals surface area (Å²) in [6.07, 6.45) is 4.66. The fourth-order valence-electron chi connectivity index (χ4n) is 2.39. The molecule has 1 aromatic carbocycles. The third-order valence-electron chi connectivity index (χ3n) is 3.55. The molecule has 112 valence electrons. The maximum atomic E-state index is 11.9. The van der Waals surface area contributed by atoms with Gasteiger partial charge in [0.15, 0.2) is 0 Å². The molecule has 0 radical (unpaired) electrons. The van der Waals surface area contributed by atoms with Crippen LogP contribution in [0.3, 0.4) is 0 Å². The van der Waals surface area contributed by atoms with Gasteiger partial charge >= 0.3 is 0 Å². The maximum absolute atomic E-state index is 11.9. The van der Waals surface area contributed by atoms with Crippen LogP contribution in [0.1, 0.15) is 12.0 Å². The van der Waals surface area contributed by atoms with Crippen molar-refractivity contribution in [2.75, 3.05) is 13.1 Å². The summed E-state index contributed by atoms with van der Waals surface area (Å²) in [7, 11) is 0. The van der Waals surface area contributed by atoms with Crippen LogP contribution in [0.5, 0.6) is 0 Å². The van der Waals surface area contributed by atoms with Gasteiger partial charge in [-0.3, -0.25) is 4.79 Å². The lowest BCUT2D eigenvalue weighted by Gasteiger charge is -2.08. The molecule has 1 fully saturated rings. The minimum Gasteiger partial charge on any atom is -0.352 e. The molecule has 1 unspecified atom stereocenters. The number of amides is 1. The van der Waals surface area contributed by atoms with Crippen molar-refractivity contribution in [3.63, 3.8) is 0 Å². The first-order valence-electron chi connectivity index (χ1n) is 6.90. The molecule has 0 saturated carbocycles. The zero-order valence-corrected chi connectivity index (χ0v) is 12.5. The standard InChI is InChI=1S/C15H18N4O.ClH/c20-15(13-6-7-16-10-13)17-8-12-9-18-19(11-12)14-4-2-1-3-5-14;/h1-5,9,11,13,16H,6-8,10H2,(H,17,20);1H. The quantitative estimate of drug-likeness (QED) is 0.900. The first-order valence-corrected chi connectivity index (χ1v) is 6.90. The average molecular weight is 307 g/mol. The Morgan fingerprint density at radius 3 is 2.90 bits per heavy atom. The zero-order chi connectivity index (χ0) is 13.8. The van der Waals surface area contributed by atoms with Crippen LogP contribution in [0.4, 0.5) is 0 Å². The van der Waals surface area contributed by atoms with E-state index in [0.717, 1.165) is 30.8 Å². The van der Waals surface area contributed by atoms with Gasteiger partial charge in [0.05, 0.1) is 17.8 Å². The molecule has 2 N–H and O–H groups in total. The van der Waals surface area contributed by atoms with Gasteiger partial charge in [0.25, 0.3) is 0 Å². The van der Waals surface area contributed by atoms with Crippen molar-refractivity contribution in [1.82, 2.24) is 20.4 Å². The summed E-state index contributed by atoms with van der Waals surface area (Å²) >= 11 is 0. The molecular formula is C15H19ClN4O. The van der Waals surface area contributed by atoms with E-state index >= 15 is 0 Å². The minimum absolute atomic E-state index is 0. The molecule has 1 aromatic heterocycles. The molecule has 1 atom stereocenters. The van der Waals surface area contributed by atoms with Crippen molar-refractivity contribution < 1.29 is 4.79 Å². The van der Waals surface area contributed by atoms with Crippen molar-refractivity contribution >= 4 is 18.3 Å². The molecule has 1 saturated heterocycles. The fourth-order valence-corrected chi connectivity index (χ4v) is 2.39. The summed E-state index contributed by atoms with van der Waals surface area (Å²) < 4.78 is 1.82. The largest absolute Gasteiger partial charge is 0.352 e. The van der Waals surface area contributed by atoms with Crippen LogP contribution in [0.25, 0.3) is 5.69 Å². The van der Waals surface area contributed by atoms with Gasteiger partial charge in [-0.2, -0.15) is 5.10 Å². The van der Waals surface area contributed by atoms with Crippen molar-refractivity contribution in [2.45, 2.75) is 13.0 Å². The number of nitrogens with zero attached hydrogens (tertiary/aromatic N) is 2. The number of aromatic nitrogens is 2. The van der Waals surface area contributed by atoms with Crippen LogP contribution in [0.2, 0.25) is 0 Å². The Labute approximate surface area is 130 Å². The predicted octanol–water partition coefficient (Wildman–Crippen LogP) is 1.52. The number of para-hydroxylation sites is 1. The number of halogens is 1. The Morgan fingerprint density at radius 2 is 2.19 bits per heavy atom. The second-order valence-corrected chi connectivity index (χ2v) is 5.04. The van der Waals surface area contributed by atoms with E-state index in [-0.39, 0.29) is 24.2 Å². The first-order chi connectivity index (χ1) is 9.83. The molecular weight excluding hydrogens is 288 g/mol. The van der Waals surface area contributed by atoms with Crippen LogP contribution >= 0.6 is 12.4 Å². The van der Waals surface area contributed by atoms with E-state index in [0.29, 0.717) is 6.54 Å². The van der Waals surface area contributed by atoms with Gasteiger partial charge < -0.3 is 10.6 Å². The third kappa shape index (κ3) is 3.83. The topological polar surface area (TPSA) is 59.0 Å². The van der Waals surface area contributed by atoms with Gasteiger partial charge in [0.2, 0.25) is 5.91 Å². The van der Waals surface area contributed by atoms with Gasteiger partial charge in [-0.1, -0.05) is 18.2 Å². The first kappa shape index (κ1) is 15.5. The summed E-state index contributed by atoms with van der Waals surface area (Å²) in [4.78, 5) is 11.9. The van der Waals surface area contributed by atoms with Crippen LogP contribution in [0, 0.1) is 5.92 Å². The van der Waals surface area contributed by atoms with E-state index in [1.165, 1.54) is 0 Å². The SMILES string of the molecule is Cl.O=C(NCc1cnn(-c2ccccc2)c1)C1CCNC1. The van der Waals surface area contributed by atoms with Gasteiger partial charge in [-0.05, 0) is 25.1 Å². The molecule has 2 aromatic rings. The van der Waals surface area contributed by atoms with E-state index in [9.17, 15) is 4.79 Å². The number of benzene rings is 1. The third-order valence-corrected chi connectivity index (χ3v) is 3.55.